The maximum atomic E-state index is 2.72. The Kier molecular flexibility index (Phi) is 5.50. The van der Waals surface area contributed by atoms with E-state index >= 15 is 0 Å². The molecule has 2 unspecified atom stereocenters. The highest BCUT2D eigenvalue weighted by Crippen LogP contribution is 2.25. The molecular formula is C16H32N2. The second-order valence-electron chi connectivity index (χ2n) is 7.04. The van der Waals surface area contributed by atoms with E-state index in [0.717, 1.165) is 17.8 Å². The molecule has 0 saturated carbocycles. The van der Waals surface area contributed by atoms with Crippen molar-refractivity contribution in [2.45, 2.75) is 46.5 Å². The summed E-state index contributed by atoms with van der Waals surface area (Å²) in [6, 6.07) is 0. The second-order valence-corrected chi connectivity index (χ2v) is 7.04. The average Bonchev–Trinajstić information content (AvgIpc) is 2.33. The van der Waals surface area contributed by atoms with E-state index in [4.69, 9.17) is 0 Å². The Morgan fingerprint density at radius 2 is 1.72 bits per heavy atom. The maximum Gasteiger partial charge on any atom is 0.00132 e. The summed E-state index contributed by atoms with van der Waals surface area (Å²) in [5.74, 6) is 2.65. The van der Waals surface area contributed by atoms with Gasteiger partial charge in [0.05, 0.1) is 0 Å². The van der Waals surface area contributed by atoms with Gasteiger partial charge in [-0.1, -0.05) is 27.2 Å². The minimum absolute atomic E-state index is 0.816. The largest absolute Gasteiger partial charge is 0.303 e. The molecule has 2 heterocycles. The molecule has 0 aromatic carbocycles. The fourth-order valence-electron chi connectivity index (χ4n) is 3.71. The zero-order chi connectivity index (χ0) is 13.0. The highest BCUT2D eigenvalue weighted by Gasteiger charge is 2.27. The van der Waals surface area contributed by atoms with Gasteiger partial charge >= 0.3 is 0 Å². The minimum Gasteiger partial charge on any atom is -0.303 e. The van der Waals surface area contributed by atoms with E-state index in [1.165, 1.54) is 65.0 Å². The van der Waals surface area contributed by atoms with Crippen LogP contribution < -0.4 is 0 Å². The van der Waals surface area contributed by atoms with Gasteiger partial charge in [-0.2, -0.15) is 0 Å². The molecule has 0 spiro atoms. The van der Waals surface area contributed by atoms with E-state index in [9.17, 15) is 0 Å². The molecular weight excluding hydrogens is 220 g/mol. The molecule has 18 heavy (non-hydrogen) atoms. The van der Waals surface area contributed by atoms with Gasteiger partial charge in [0.2, 0.25) is 0 Å². The molecule has 2 atom stereocenters. The molecule has 0 bridgehead atoms. The van der Waals surface area contributed by atoms with E-state index in [-0.39, 0.29) is 0 Å². The smallest absolute Gasteiger partial charge is 0.00132 e. The molecule has 2 rings (SSSR count). The molecule has 2 aliphatic rings. The van der Waals surface area contributed by atoms with Crippen LogP contribution in [-0.2, 0) is 0 Å². The molecule has 0 aromatic heterocycles. The molecule has 0 N–H and O–H groups in total. The van der Waals surface area contributed by atoms with Crippen molar-refractivity contribution >= 4 is 0 Å². The normalized spacial score (nSPS) is 32.0. The Hall–Kier alpha value is -0.0800. The minimum atomic E-state index is 0.816. The van der Waals surface area contributed by atoms with Crippen LogP contribution in [0.3, 0.4) is 0 Å². The number of rotatable bonds is 4. The number of likely N-dealkylation sites (tertiary alicyclic amines) is 2. The van der Waals surface area contributed by atoms with Gasteiger partial charge in [-0.25, -0.2) is 0 Å². The number of hydrogen-bond donors (Lipinski definition) is 0. The summed E-state index contributed by atoms with van der Waals surface area (Å²) in [6.07, 6.45) is 5.74. The number of piperidine rings is 2. The third-order valence-electron chi connectivity index (χ3n) is 4.73. The van der Waals surface area contributed by atoms with Gasteiger partial charge in [0.1, 0.15) is 0 Å². The zero-order valence-corrected chi connectivity index (χ0v) is 12.7. The second kappa shape index (κ2) is 6.91. The Bertz CT molecular complexity index is 233. The maximum absolute atomic E-state index is 2.72. The fourth-order valence-corrected chi connectivity index (χ4v) is 3.71. The van der Waals surface area contributed by atoms with Gasteiger partial charge < -0.3 is 9.80 Å². The first-order valence-corrected chi connectivity index (χ1v) is 8.10. The average molecular weight is 252 g/mol. The first-order valence-electron chi connectivity index (χ1n) is 8.10. The van der Waals surface area contributed by atoms with E-state index in [0.29, 0.717) is 0 Å². The molecule has 0 aromatic rings. The third kappa shape index (κ3) is 4.24. The molecule has 0 radical (unpaired) electrons. The molecule has 2 aliphatic heterocycles. The topological polar surface area (TPSA) is 6.48 Å². The van der Waals surface area contributed by atoms with Crippen LogP contribution in [0.1, 0.15) is 46.5 Å². The lowest BCUT2D eigenvalue weighted by Crippen LogP contribution is -2.45. The summed E-state index contributed by atoms with van der Waals surface area (Å²) in [7, 11) is 0. The predicted octanol–water partition coefficient (Wildman–Crippen LogP) is 3.09. The monoisotopic (exact) mass is 252 g/mol. The van der Waals surface area contributed by atoms with Crippen molar-refractivity contribution in [1.82, 2.24) is 9.80 Å². The summed E-state index contributed by atoms with van der Waals surface area (Å²) < 4.78 is 0. The quantitative estimate of drug-likeness (QED) is 0.758. The predicted molar refractivity (Wildman–Crippen MR) is 78.8 cm³/mol. The van der Waals surface area contributed by atoms with Gasteiger partial charge in [0, 0.05) is 19.6 Å². The van der Waals surface area contributed by atoms with Crippen LogP contribution >= 0.6 is 0 Å². The molecule has 106 valence electrons. The van der Waals surface area contributed by atoms with Crippen LogP contribution in [0.5, 0.6) is 0 Å². The van der Waals surface area contributed by atoms with Crippen LogP contribution in [0.25, 0.3) is 0 Å². The lowest BCUT2D eigenvalue weighted by Gasteiger charge is -2.40. The Labute approximate surface area is 114 Å². The van der Waals surface area contributed by atoms with Crippen molar-refractivity contribution in [3.63, 3.8) is 0 Å². The van der Waals surface area contributed by atoms with E-state index in [1.54, 1.807) is 0 Å². The molecule has 0 aliphatic carbocycles. The standard InChI is InChI=1S/C16H32N2/c1-14(2)11-18-10-7-16(15(3)12-18)13-17-8-5-4-6-9-17/h14-16H,4-13H2,1-3H3. The number of hydrogen-bond acceptors (Lipinski definition) is 2. The Morgan fingerprint density at radius 1 is 1.00 bits per heavy atom. The highest BCUT2D eigenvalue weighted by molar-refractivity contribution is 4.81. The van der Waals surface area contributed by atoms with Gasteiger partial charge in [0.15, 0.2) is 0 Å². The van der Waals surface area contributed by atoms with Crippen LogP contribution in [-0.4, -0.2) is 49.1 Å². The van der Waals surface area contributed by atoms with Crippen molar-refractivity contribution in [2.75, 3.05) is 39.3 Å². The number of nitrogens with zero attached hydrogens (tertiary/aromatic N) is 2. The van der Waals surface area contributed by atoms with E-state index < -0.39 is 0 Å². The van der Waals surface area contributed by atoms with Crippen LogP contribution in [0, 0.1) is 17.8 Å². The van der Waals surface area contributed by atoms with Crippen molar-refractivity contribution in [3.8, 4) is 0 Å². The van der Waals surface area contributed by atoms with Gasteiger partial charge in [0.25, 0.3) is 0 Å². The lowest BCUT2D eigenvalue weighted by atomic mass is 9.85. The SMILES string of the molecule is CC(C)CN1CCC(CN2CCCCC2)C(C)C1. The summed E-state index contributed by atoms with van der Waals surface area (Å²) in [6.45, 7) is 15.2. The third-order valence-corrected chi connectivity index (χ3v) is 4.73. The Morgan fingerprint density at radius 3 is 2.33 bits per heavy atom. The van der Waals surface area contributed by atoms with E-state index in [2.05, 4.69) is 30.6 Å². The zero-order valence-electron chi connectivity index (χ0n) is 12.7. The molecule has 2 fully saturated rings. The fraction of sp³-hybridized carbons (Fsp3) is 1.00. The van der Waals surface area contributed by atoms with Crippen molar-refractivity contribution < 1.29 is 0 Å². The molecule has 2 heteroatoms. The molecule has 2 saturated heterocycles. The van der Waals surface area contributed by atoms with Gasteiger partial charge in [-0.3, -0.25) is 0 Å². The highest BCUT2D eigenvalue weighted by atomic mass is 15.2. The Balaban J connectivity index is 1.74. The van der Waals surface area contributed by atoms with Gasteiger partial charge in [-0.05, 0) is 56.7 Å². The van der Waals surface area contributed by atoms with Crippen molar-refractivity contribution in [1.29, 1.82) is 0 Å². The van der Waals surface area contributed by atoms with Crippen LogP contribution in [0.2, 0.25) is 0 Å². The lowest BCUT2D eigenvalue weighted by molar-refractivity contribution is 0.0829. The van der Waals surface area contributed by atoms with Crippen molar-refractivity contribution in [3.05, 3.63) is 0 Å². The molecule has 2 nitrogen and oxygen atoms in total. The molecule has 0 amide bonds. The van der Waals surface area contributed by atoms with E-state index in [1.807, 2.05) is 0 Å². The van der Waals surface area contributed by atoms with Crippen LogP contribution in [0.15, 0.2) is 0 Å². The first kappa shape index (κ1) is 14.3. The first-order chi connectivity index (χ1) is 8.65. The summed E-state index contributed by atoms with van der Waals surface area (Å²) in [4.78, 5) is 5.41. The van der Waals surface area contributed by atoms with Crippen LogP contribution in [0.4, 0.5) is 0 Å². The van der Waals surface area contributed by atoms with Gasteiger partial charge in [-0.15, -0.1) is 0 Å². The summed E-state index contributed by atoms with van der Waals surface area (Å²) >= 11 is 0. The summed E-state index contributed by atoms with van der Waals surface area (Å²) in [5, 5.41) is 0. The summed E-state index contributed by atoms with van der Waals surface area (Å²) in [5.41, 5.74) is 0. The van der Waals surface area contributed by atoms with Crippen molar-refractivity contribution in [2.24, 2.45) is 17.8 Å².